The maximum atomic E-state index is 13.7. The maximum absolute atomic E-state index is 13.7. The Morgan fingerprint density at radius 1 is 1.50 bits per heavy atom. The van der Waals surface area contributed by atoms with Gasteiger partial charge in [-0.05, 0) is 47.4 Å². The normalized spacial score (nSPS) is 10.3. The summed E-state index contributed by atoms with van der Waals surface area (Å²) in [7, 11) is 0. The van der Waals surface area contributed by atoms with Crippen LogP contribution in [0.15, 0.2) is 17.0 Å². The van der Waals surface area contributed by atoms with Gasteiger partial charge in [-0.1, -0.05) is 6.92 Å². The van der Waals surface area contributed by atoms with Gasteiger partial charge in [0.25, 0.3) is 0 Å². The van der Waals surface area contributed by atoms with Gasteiger partial charge in [0.2, 0.25) is 0 Å². The van der Waals surface area contributed by atoms with Crippen molar-refractivity contribution in [2.24, 2.45) is 0 Å². The second-order valence-electron chi connectivity index (χ2n) is 2.74. The molecule has 1 nitrogen and oxygen atoms in total. The first-order chi connectivity index (χ1) is 6.70. The predicted octanol–water partition coefficient (Wildman–Crippen LogP) is 3.94. The van der Waals surface area contributed by atoms with E-state index in [1.165, 1.54) is 11.8 Å². The number of thioether (sulfide) groups is 1. The molecule has 1 rings (SSSR count). The van der Waals surface area contributed by atoms with Crippen LogP contribution >= 0.6 is 34.4 Å². The van der Waals surface area contributed by atoms with Crippen molar-refractivity contribution in [2.75, 3.05) is 12.9 Å². The van der Waals surface area contributed by atoms with Gasteiger partial charge < -0.3 is 4.74 Å². The Labute approximate surface area is 102 Å². The van der Waals surface area contributed by atoms with Gasteiger partial charge in [-0.3, -0.25) is 0 Å². The fourth-order valence-corrected chi connectivity index (χ4v) is 2.65. The zero-order chi connectivity index (χ0) is 10.6. The van der Waals surface area contributed by atoms with Crippen molar-refractivity contribution < 1.29 is 9.13 Å². The van der Waals surface area contributed by atoms with E-state index in [0.29, 0.717) is 17.3 Å². The average molecular weight is 326 g/mol. The van der Waals surface area contributed by atoms with E-state index in [9.17, 15) is 4.39 Å². The first kappa shape index (κ1) is 12.1. The zero-order valence-corrected chi connectivity index (χ0v) is 11.1. The first-order valence-electron chi connectivity index (χ1n) is 4.35. The smallest absolute Gasteiger partial charge is 0.179 e. The number of hydrogen-bond acceptors (Lipinski definition) is 2. The Bertz CT molecular complexity index is 317. The van der Waals surface area contributed by atoms with Crippen LogP contribution in [0.2, 0.25) is 0 Å². The minimum Gasteiger partial charge on any atom is -0.490 e. The summed E-state index contributed by atoms with van der Waals surface area (Å²) in [6, 6.07) is 3.56. The summed E-state index contributed by atoms with van der Waals surface area (Å²) in [6.45, 7) is 2.56. The Morgan fingerprint density at radius 3 is 2.79 bits per heavy atom. The Balaban J connectivity index is 2.96. The topological polar surface area (TPSA) is 9.23 Å². The van der Waals surface area contributed by atoms with Crippen LogP contribution in [0, 0.1) is 9.39 Å². The summed E-state index contributed by atoms with van der Waals surface area (Å²) < 4.78 is 19.9. The quantitative estimate of drug-likeness (QED) is 0.612. The minimum atomic E-state index is -0.238. The molecule has 0 aliphatic carbocycles. The SMILES string of the molecule is CCCOc1ccc(I)c(SC)c1F. The molecule has 78 valence electrons. The first-order valence-corrected chi connectivity index (χ1v) is 6.65. The molecule has 0 heterocycles. The molecule has 0 aromatic heterocycles. The number of halogens is 2. The Kier molecular flexibility index (Phi) is 5.01. The molecular formula is C10H12FIOS. The molecule has 1 aromatic carbocycles. The molecule has 0 fully saturated rings. The summed E-state index contributed by atoms with van der Waals surface area (Å²) in [4.78, 5) is 0.666. The highest BCUT2D eigenvalue weighted by Crippen LogP contribution is 2.31. The van der Waals surface area contributed by atoms with Gasteiger partial charge in [0.05, 0.1) is 11.5 Å². The highest BCUT2D eigenvalue weighted by atomic mass is 127. The molecule has 0 aliphatic rings. The van der Waals surface area contributed by atoms with Crippen molar-refractivity contribution in [1.29, 1.82) is 0 Å². The second-order valence-corrected chi connectivity index (χ2v) is 4.72. The molecule has 0 radical (unpaired) electrons. The molecule has 0 saturated heterocycles. The average Bonchev–Trinajstić information content (AvgIpc) is 2.18. The van der Waals surface area contributed by atoms with Crippen LogP contribution < -0.4 is 4.74 Å². The van der Waals surface area contributed by atoms with E-state index < -0.39 is 0 Å². The van der Waals surface area contributed by atoms with Gasteiger partial charge in [0.1, 0.15) is 0 Å². The Hall–Kier alpha value is 0.0300. The van der Waals surface area contributed by atoms with Crippen LogP contribution in [-0.2, 0) is 0 Å². The third-order valence-corrected chi connectivity index (χ3v) is 3.75. The summed E-state index contributed by atoms with van der Waals surface area (Å²) in [5.74, 6) is 0.120. The molecule has 14 heavy (non-hydrogen) atoms. The fraction of sp³-hybridized carbons (Fsp3) is 0.400. The van der Waals surface area contributed by atoms with E-state index in [-0.39, 0.29) is 5.82 Å². The lowest BCUT2D eigenvalue weighted by molar-refractivity contribution is 0.298. The predicted molar refractivity (Wildman–Crippen MR) is 66.7 cm³/mol. The fourth-order valence-electron chi connectivity index (χ4n) is 1.03. The standard InChI is InChI=1S/C10H12FIOS/c1-3-6-13-8-5-4-7(12)10(14-2)9(8)11/h4-5H,3,6H2,1-2H3. The summed E-state index contributed by atoms with van der Waals surface area (Å²) >= 11 is 3.53. The molecule has 0 spiro atoms. The van der Waals surface area contributed by atoms with Crippen LogP contribution in [0.25, 0.3) is 0 Å². The molecule has 0 bridgehead atoms. The van der Waals surface area contributed by atoms with Gasteiger partial charge in [-0.2, -0.15) is 0 Å². The van der Waals surface area contributed by atoms with Crippen molar-refractivity contribution in [1.82, 2.24) is 0 Å². The largest absolute Gasteiger partial charge is 0.490 e. The molecule has 0 unspecified atom stereocenters. The monoisotopic (exact) mass is 326 g/mol. The number of rotatable bonds is 4. The van der Waals surface area contributed by atoms with E-state index in [0.717, 1.165) is 9.99 Å². The number of ether oxygens (including phenoxy) is 1. The Morgan fingerprint density at radius 2 is 2.21 bits per heavy atom. The van der Waals surface area contributed by atoms with Gasteiger partial charge >= 0.3 is 0 Å². The van der Waals surface area contributed by atoms with Gasteiger partial charge in [0.15, 0.2) is 11.6 Å². The van der Waals surface area contributed by atoms with Gasteiger partial charge in [-0.25, -0.2) is 4.39 Å². The number of hydrogen-bond donors (Lipinski definition) is 0. The lowest BCUT2D eigenvalue weighted by atomic mass is 10.3. The van der Waals surface area contributed by atoms with E-state index in [1.807, 2.05) is 19.2 Å². The van der Waals surface area contributed by atoms with Crippen molar-refractivity contribution in [3.05, 3.63) is 21.5 Å². The third-order valence-electron chi connectivity index (χ3n) is 1.68. The third kappa shape index (κ3) is 2.76. The van der Waals surface area contributed by atoms with E-state index >= 15 is 0 Å². The molecule has 4 heteroatoms. The summed E-state index contributed by atoms with van der Waals surface area (Å²) in [5.41, 5.74) is 0. The molecule has 0 amide bonds. The summed E-state index contributed by atoms with van der Waals surface area (Å²) in [6.07, 6.45) is 2.75. The molecule has 0 aliphatic heterocycles. The van der Waals surface area contributed by atoms with Crippen LogP contribution in [0.3, 0.4) is 0 Å². The van der Waals surface area contributed by atoms with Gasteiger partial charge in [0, 0.05) is 3.57 Å². The van der Waals surface area contributed by atoms with Gasteiger partial charge in [-0.15, -0.1) is 11.8 Å². The van der Waals surface area contributed by atoms with Crippen molar-refractivity contribution >= 4 is 34.4 Å². The highest BCUT2D eigenvalue weighted by Gasteiger charge is 2.11. The van der Waals surface area contributed by atoms with E-state index in [1.54, 1.807) is 6.07 Å². The zero-order valence-electron chi connectivity index (χ0n) is 8.14. The molecule has 0 saturated carbocycles. The van der Waals surface area contributed by atoms with E-state index in [2.05, 4.69) is 22.6 Å². The van der Waals surface area contributed by atoms with Crippen LogP contribution in [-0.4, -0.2) is 12.9 Å². The van der Waals surface area contributed by atoms with Crippen LogP contribution in [0.4, 0.5) is 4.39 Å². The van der Waals surface area contributed by atoms with E-state index in [4.69, 9.17) is 4.74 Å². The molecular weight excluding hydrogens is 314 g/mol. The highest BCUT2D eigenvalue weighted by molar-refractivity contribution is 14.1. The minimum absolute atomic E-state index is 0.238. The van der Waals surface area contributed by atoms with Crippen molar-refractivity contribution in [3.63, 3.8) is 0 Å². The lowest BCUT2D eigenvalue weighted by Gasteiger charge is -2.09. The van der Waals surface area contributed by atoms with Crippen LogP contribution in [0.1, 0.15) is 13.3 Å². The van der Waals surface area contributed by atoms with Crippen molar-refractivity contribution in [3.8, 4) is 5.75 Å². The van der Waals surface area contributed by atoms with Crippen LogP contribution in [0.5, 0.6) is 5.75 Å². The van der Waals surface area contributed by atoms with Crippen molar-refractivity contribution in [2.45, 2.75) is 18.2 Å². The second kappa shape index (κ2) is 5.80. The summed E-state index contributed by atoms with van der Waals surface area (Å²) in [5, 5.41) is 0. The molecule has 0 N–H and O–H groups in total. The molecule has 1 aromatic rings. The molecule has 0 atom stereocenters. The maximum Gasteiger partial charge on any atom is 0.179 e. The number of benzene rings is 1. The lowest BCUT2D eigenvalue weighted by Crippen LogP contribution is -1.99.